The van der Waals surface area contributed by atoms with Crippen molar-refractivity contribution in [1.82, 2.24) is 10.6 Å². The molecule has 0 unspecified atom stereocenters. The molecule has 0 aliphatic rings. The first-order valence-electron chi connectivity index (χ1n) is 8.43. The van der Waals surface area contributed by atoms with Gasteiger partial charge in [-0.15, -0.1) is 24.0 Å². The zero-order chi connectivity index (χ0) is 15.9. The SMILES string of the molecule is CCCCCNC(=NC)NCCCOCCc1ccccc1.I. The molecule has 0 aliphatic heterocycles. The standard InChI is InChI=1S/C18H31N3O.HI/c1-3-4-8-13-20-18(19-2)21-14-9-15-22-16-12-17-10-6-5-7-11-17;/h5-7,10-11H,3-4,8-9,12-16H2,1-2H3,(H2,19,20,21);1H. The Kier molecular flexibility index (Phi) is 15.5. The second-order valence-corrected chi connectivity index (χ2v) is 5.33. The molecule has 0 atom stereocenters. The predicted molar refractivity (Wildman–Crippen MR) is 110 cm³/mol. The van der Waals surface area contributed by atoms with Crippen molar-refractivity contribution >= 4 is 29.9 Å². The fourth-order valence-electron chi connectivity index (χ4n) is 2.12. The molecule has 0 radical (unpaired) electrons. The average molecular weight is 433 g/mol. The number of rotatable bonds is 11. The molecule has 132 valence electrons. The molecule has 0 heterocycles. The third-order valence-corrected chi connectivity index (χ3v) is 3.43. The Hall–Kier alpha value is -0.820. The average Bonchev–Trinajstić information content (AvgIpc) is 2.56. The minimum absolute atomic E-state index is 0. The second kappa shape index (κ2) is 16.1. The molecule has 0 saturated heterocycles. The van der Waals surface area contributed by atoms with Crippen molar-refractivity contribution in [2.24, 2.45) is 4.99 Å². The number of unbranched alkanes of at least 4 members (excludes halogenated alkanes) is 2. The first-order chi connectivity index (χ1) is 10.9. The topological polar surface area (TPSA) is 45.7 Å². The van der Waals surface area contributed by atoms with Crippen molar-refractivity contribution in [1.29, 1.82) is 0 Å². The molecule has 23 heavy (non-hydrogen) atoms. The Bertz CT molecular complexity index is 399. The van der Waals surface area contributed by atoms with Gasteiger partial charge in [-0.1, -0.05) is 50.1 Å². The molecule has 1 aromatic carbocycles. The molecule has 1 aromatic rings. The third-order valence-electron chi connectivity index (χ3n) is 3.43. The lowest BCUT2D eigenvalue weighted by Gasteiger charge is -2.11. The number of nitrogens with one attached hydrogen (secondary N) is 2. The summed E-state index contributed by atoms with van der Waals surface area (Å²) in [5.41, 5.74) is 1.33. The van der Waals surface area contributed by atoms with Crippen molar-refractivity contribution in [2.75, 3.05) is 33.4 Å². The maximum Gasteiger partial charge on any atom is 0.190 e. The summed E-state index contributed by atoms with van der Waals surface area (Å²) in [6.07, 6.45) is 5.67. The molecule has 4 nitrogen and oxygen atoms in total. The summed E-state index contributed by atoms with van der Waals surface area (Å²) in [7, 11) is 1.81. The lowest BCUT2D eigenvalue weighted by atomic mass is 10.2. The molecule has 5 heteroatoms. The van der Waals surface area contributed by atoms with Gasteiger partial charge in [0.2, 0.25) is 0 Å². The van der Waals surface area contributed by atoms with Gasteiger partial charge in [-0.2, -0.15) is 0 Å². The molecule has 1 rings (SSSR count). The highest BCUT2D eigenvalue weighted by atomic mass is 127. The van der Waals surface area contributed by atoms with E-state index in [4.69, 9.17) is 4.74 Å². The molecule has 0 saturated carbocycles. The van der Waals surface area contributed by atoms with Gasteiger partial charge >= 0.3 is 0 Å². The zero-order valence-electron chi connectivity index (χ0n) is 14.5. The summed E-state index contributed by atoms with van der Waals surface area (Å²) < 4.78 is 5.67. The van der Waals surface area contributed by atoms with Crippen molar-refractivity contribution < 1.29 is 4.74 Å². The van der Waals surface area contributed by atoms with E-state index >= 15 is 0 Å². The normalized spacial score (nSPS) is 11.0. The number of benzene rings is 1. The van der Waals surface area contributed by atoms with E-state index in [9.17, 15) is 0 Å². The van der Waals surface area contributed by atoms with Crippen LogP contribution in [0.15, 0.2) is 35.3 Å². The van der Waals surface area contributed by atoms with Gasteiger partial charge in [0.1, 0.15) is 0 Å². The van der Waals surface area contributed by atoms with Gasteiger partial charge < -0.3 is 15.4 Å². The van der Waals surface area contributed by atoms with E-state index in [0.717, 1.165) is 45.1 Å². The third kappa shape index (κ3) is 12.3. The van der Waals surface area contributed by atoms with Gasteiger partial charge in [-0.3, -0.25) is 4.99 Å². The molecule has 0 amide bonds. The number of guanidine groups is 1. The second-order valence-electron chi connectivity index (χ2n) is 5.33. The van der Waals surface area contributed by atoms with Crippen LogP contribution in [0.3, 0.4) is 0 Å². The molecular weight excluding hydrogens is 401 g/mol. The van der Waals surface area contributed by atoms with E-state index in [1.54, 1.807) is 0 Å². The van der Waals surface area contributed by atoms with E-state index in [1.165, 1.54) is 24.8 Å². The van der Waals surface area contributed by atoms with Gasteiger partial charge in [0.25, 0.3) is 0 Å². The van der Waals surface area contributed by atoms with Crippen molar-refractivity contribution in [3.05, 3.63) is 35.9 Å². The monoisotopic (exact) mass is 433 g/mol. The van der Waals surface area contributed by atoms with Crippen LogP contribution in [-0.2, 0) is 11.2 Å². The van der Waals surface area contributed by atoms with Gasteiger partial charge in [-0.05, 0) is 24.8 Å². The highest BCUT2D eigenvalue weighted by Gasteiger charge is 1.97. The largest absolute Gasteiger partial charge is 0.381 e. The molecule has 2 N–H and O–H groups in total. The molecule has 0 spiro atoms. The van der Waals surface area contributed by atoms with Crippen LogP contribution in [0, 0.1) is 0 Å². The maximum absolute atomic E-state index is 5.67. The quantitative estimate of drug-likeness (QED) is 0.243. The number of nitrogens with zero attached hydrogens (tertiary/aromatic N) is 1. The molecule has 0 fully saturated rings. The summed E-state index contributed by atoms with van der Waals surface area (Å²) in [6, 6.07) is 10.5. The van der Waals surface area contributed by atoms with E-state index < -0.39 is 0 Å². The minimum Gasteiger partial charge on any atom is -0.381 e. The number of halogens is 1. The van der Waals surface area contributed by atoms with Gasteiger partial charge in [0.15, 0.2) is 5.96 Å². The molecule has 0 aromatic heterocycles. The maximum atomic E-state index is 5.67. The number of hydrogen-bond donors (Lipinski definition) is 2. The van der Waals surface area contributed by atoms with Crippen LogP contribution in [0.1, 0.15) is 38.2 Å². The number of ether oxygens (including phenoxy) is 1. The highest BCUT2D eigenvalue weighted by molar-refractivity contribution is 14.0. The summed E-state index contributed by atoms with van der Waals surface area (Å²) in [4.78, 5) is 4.21. The summed E-state index contributed by atoms with van der Waals surface area (Å²) in [5, 5.41) is 6.64. The van der Waals surface area contributed by atoms with Crippen LogP contribution in [-0.4, -0.2) is 39.3 Å². The van der Waals surface area contributed by atoms with Crippen LogP contribution in [0.4, 0.5) is 0 Å². The lowest BCUT2D eigenvalue weighted by Crippen LogP contribution is -2.38. The summed E-state index contributed by atoms with van der Waals surface area (Å²) >= 11 is 0. The Morgan fingerprint density at radius 1 is 1.00 bits per heavy atom. The summed E-state index contributed by atoms with van der Waals surface area (Å²) in [6.45, 7) is 5.66. The van der Waals surface area contributed by atoms with Crippen molar-refractivity contribution in [2.45, 2.75) is 39.0 Å². The van der Waals surface area contributed by atoms with E-state index in [1.807, 2.05) is 13.1 Å². The van der Waals surface area contributed by atoms with Gasteiger partial charge in [-0.25, -0.2) is 0 Å². The Balaban J connectivity index is 0.00000484. The van der Waals surface area contributed by atoms with Crippen LogP contribution in [0.5, 0.6) is 0 Å². The number of aliphatic imine (C=N–C) groups is 1. The minimum atomic E-state index is 0. The zero-order valence-corrected chi connectivity index (χ0v) is 16.8. The Morgan fingerprint density at radius 3 is 2.35 bits per heavy atom. The lowest BCUT2D eigenvalue weighted by molar-refractivity contribution is 0.135. The predicted octanol–water partition coefficient (Wildman–Crippen LogP) is 3.61. The molecule has 0 bridgehead atoms. The van der Waals surface area contributed by atoms with Crippen molar-refractivity contribution in [3.8, 4) is 0 Å². The molecule has 0 aliphatic carbocycles. The van der Waals surface area contributed by atoms with Crippen LogP contribution < -0.4 is 10.6 Å². The Labute approximate surface area is 158 Å². The first kappa shape index (κ1) is 22.2. The van der Waals surface area contributed by atoms with Crippen LogP contribution in [0.2, 0.25) is 0 Å². The van der Waals surface area contributed by atoms with Crippen LogP contribution in [0.25, 0.3) is 0 Å². The fraction of sp³-hybridized carbons (Fsp3) is 0.611. The van der Waals surface area contributed by atoms with E-state index in [0.29, 0.717) is 0 Å². The van der Waals surface area contributed by atoms with Gasteiger partial charge in [0.05, 0.1) is 6.61 Å². The number of hydrogen-bond acceptors (Lipinski definition) is 2. The first-order valence-corrected chi connectivity index (χ1v) is 8.43. The van der Waals surface area contributed by atoms with Crippen LogP contribution >= 0.6 is 24.0 Å². The smallest absolute Gasteiger partial charge is 0.190 e. The van der Waals surface area contributed by atoms with E-state index in [2.05, 4.69) is 46.8 Å². The summed E-state index contributed by atoms with van der Waals surface area (Å²) in [5.74, 6) is 0.889. The Morgan fingerprint density at radius 2 is 1.70 bits per heavy atom. The van der Waals surface area contributed by atoms with E-state index in [-0.39, 0.29) is 24.0 Å². The fourth-order valence-corrected chi connectivity index (χ4v) is 2.12. The highest BCUT2D eigenvalue weighted by Crippen LogP contribution is 1.99. The van der Waals surface area contributed by atoms with Gasteiger partial charge in [0, 0.05) is 26.7 Å². The molecular formula is C18H32IN3O. The van der Waals surface area contributed by atoms with Crippen molar-refractivity contribution in [3.63, 3.8) is 0 Å².